The van der Waals surface area contributed by atoms with Crippen LogP contribution >= 0.6 is 0 Å². The summed E-state index contributed by atoms with van der Waals surface area (Å²) in [7, 11) is 0. The van der Waals surface area contributed by atoms with E-state index < -0.39 is 12.1 Å². The maximum atomic E-state index is 12.7. The number of hydrogen-bond acceptors (Lipinski definition) is 4. The quantitative estimate of drug-likeness (QED) is 0.682. The van der Waals surface area contributed by atoms with Gasteiger partial charge in [-0.05, 0) is 11.1 Å². The van der Waals surface area contributed by atoms with Crippen LogP contribution in [0.4, 0.5) is 4.79 Å². The van der Waals surface area contributed by atoms with Crippen molar-refractivity contribution in [3.63, 3.8) is 0 Å². The van der Waals surface area contributed by atoms with Crippen LogP contribution in [0.25, 0.3) is 6.08 Å². The molecule has 2 fully saturated rings. The van der Waals surface area contributed by atoms with Gasteiger partial charge in [-0.15, -0.1) is 0 Å². The minimum absolute atomic E-state index is 0.00374. The highest BCUT2D eigenvalue weighted by molar-refractivity contribution is 6.05. The summed E-state index contributed by atoms with van der Waals surface area (Å²) in [5.41, 5.74) is 2.05. The van der Waals surface area contributed by atoms with Gasteiger partial charge in [-0.1, -0.05) is 72.8 Å². The molecule has 0 spiro atoms. The molecule has 0 saturated carbocycles. The number of imide groups is 1. The average molecular weight is 433 g/mol. The molecule has 7 heteroatoms. The molecular weight excluding hydrogens is 404 g/mol. The Balaban J connectivity index is 1.23. The van der Waals surface area contributed by atoms with Crippen molar-refractivity contribution in [2.45, 2.75) is 19.0 Å². The monoisotopic (exact) mass is 432 g/mol. The molecule has 2 aromatic rings. The number of benzene rings is 2. The third-order valence-electron chi connectivity index (χ3n) is 5.87. The van der Waals surface area contributed by atoms with E-state index in [0.717, 1.165) is 25.2 Å². The molecule has 0 bridgehead atoms. The van der Waals surface area contributed by atoms with E-state index in [0.29, 0.717) is 13.1 Å². The van der Waals surface area contributed by atoms with E-state index >= 15 is 0 Å². The zero-order chi connectivity index (χ0) is 22.3. The third kappa shape index (κ3) is 5.42. The standard InChI is InChI=1S/C25H28N4O3/c30-23(18-22-24(31)29(25(32)26-22)19-21-10-5-2-6-11-21)28-16-14-27(15-17-28)13-7-12-20-8-3-1-4-9-20/h1-12,22H,13-19H2,(H,26,32)/b12-7+/t22-/m1/s1. The summed E-state index contributed by atoms with van der Waals surface area (Å²) in [6, 6.07) is 18.3. The number of nitrogens with zero attached hydrogens (tertiary/aromatic N) is 3. The number of carbonyl (C=O) groups is 3. The van der Waals surface area contributed by atoms with Crippen LogP contribution < -0.4 is 5.32 Å². The smallest absolute Gasteiger partial charge is 0.325 e. The summed E-state index contributed by atoms with van der Waals surface area (Å²) in [6.07, 6.45) is 4.25. The molecule has 32 heavy (non-hydrogen) atoms. The third-order valence-corrected chi connectivity index (χ3v) is 5.87. The molecule has 0 radical (unpaired) electrons. The van der Waals surface area contributed by atoms with Gasteiger partial charge in [-0.2, -0.15) is 0 Å². The lowest BCUT2D eigenvalue weighted by Crippen LogP contribution is -2.50. The Morgan fingerprint density at radius 2 is 1.59 bits per heavy atom. The van der Waals surface area contributed by atoms with Gasteiger partial charge < -0.3 is 10.2 Å². The van der Waals surface area contributed by atoms with Crippen LogP contribution in [-0.4, -0.2) is 71.3 Å². The van der Waals surface area contributed by atoms with E-state index in [1.54, 1.807) is 4.90 Å². The van der Waals surface area contributed by atoms with Crippen molar-refractivity contribution in [2.24, 2.45) is 0 Å². The fourth-order valence-corrected chi connectivity index (χ4v) is 4.02. The van der Waals surface area contributed by atoms with Crippen molar-refractivity contribution < 1.29 is 14.4 Å². The predicted octanol–water partition coefficient (Wildman–Crippen LogP) is 2.35. The highest BCUT2D eigenvalue weighted by Gasteiger charge is 2.39. The van der Waals surface area contributed by atoms with Crippen molar-refractivity contribution in [1.82, 2.24) is 20.0 Å². The zero-order valence-corrected chi connectivity index (χ0v) is 18.0. The molecule has 166 valence electrons. The summed E-state index contributed by atoms with van der Waals surface area (Å²) < 4.78 is 0. The SMILES string of the molecule is O=C(C[C@H]1NC(=O)N(Cc2ccccc2)C1=O)N1CCN(C/C=C/c2ccccc2)CC1. The normalized spacial score (nSPS) is 19.6. The lowest BCUT2D eigenvalue weighted by molar-refractivity contribution is -0.137. The Morgan fingerprint density at radius 3 is 2.28 bits per heavy atom. The van der Waals surface area contributed by atoms with Crippen LogP contribution in [0.5, 0.6) is 0 Å². The Morgan fingerprint density at radius 1 is 0.938 bits per heavy atom. The van der Waals surface area contributed by atoms with Crippen molar-refractivity contribution in [3.8, 4) is 0 Å². The highest BCUT2D eigenvalue weighted by atomic mass is 16.2. The van der Waals surface area contributed by atoms with Crippen molar-refractivity contribution in [2.75, 3.05) is 32.7 Å². The minimum Gasteiger partial charge on any atom is -0.340 e. The maximum absolute atomic E-state index is 12.7. The van der Waals surface area contributed by atoms with Gasteiger partial charge in [-0.25, -0.2) is 4.79 Å². The van der Waals surface area contributed by atoms with Gasteiger partial charge in [0.2, 0.25) is 5.91 Å². The highest BCUT2D eigenvalue weighted by Crippen LogP contribution is 2.15. The summed E-state index contributed by atoms with van der Waals surface area (Å²) in [6.45, 7) is 3.88. The van der Waals surface area contributed by atoms with Gasteiger partial charge in [0.1, 0.15) is 6.04 Å². The molecule has 0 unspecified atom stereocenters. The van der Waals surface area contributed by atoms with E-state index in [1.165, 1.54) is 10.5 Å². The molecule has 2 saturated heterocycles. The van der Waals surface area contributed by atoms with Crippen LogP contribution in [0.15, 0.2) is 66.7 Å². The molecule has 4 amide bonds. The summed E-state index contributed by atoms with van der Waals surface area (Å²) >= 11 is 0. The molecule has 1 atom stereocenters. The maximum Gasteiger partial charge on any atom is 0.325 e. The van der Waals surface area contributed by atoms with E-state index in [1.807, 2.05) is 48.5 Å². The summed E-state index contributed by atoms with van der Waals surface area (Å²) in [5.74, 6) is -0.429. The number of piperazine rings is 1. The van der Waals surface area contributed by atoms with Crippen molar-refractivity contribution >= 4 is 23.9 Å². The van der Waals surface area contributed by atoms with E-state index in [9.17, 15) is 14.4 Å². The number of amides is 4. The fraction of sp³-hybridized carbons (Fsp3) is 0.320. The van der Waals surface area contributed by atoms with Gasteiger partial charge in [0.15, 0.2) is 0 Å². The topological polar surface area (TPSA) is 73.0 Å². The lowest BCUT2D eigenvalue weighted by Gasteiger charge is -2.34. The molecule has 0 aliphatic carbocycles. The number of hydrogen-bond donors (Lipinski definition) is 1. The largest absolute Gasteiger partial charge is 0.340 e. The van der Waals surface area contributed by atoms with Gasteiger partial charge >= 0.3 is 6.03 Å². The average Bonchev–Trinajstić information content (AvgIpc) is 3.08. The van der Waals surface area contributed by atoms with Crippen LogP contribution in [0, 0.1) is 0 Å². The Labute approximate surface area is 188 Å². The molecule has 1 N–H and O–H groups in total. The van der Waals surface area contributed by atoms with Crippen molar-refractivity contribution in [1.29, 1.82) is 0 Å². The first kappa shape index (κ1) is 21.8. The first-order valence-corrected chi connectivity index (χ1v) is 11.0. The van der Waals surface area contributed by atoms with Gasteiger partial charge in [0.05, 0.1) is 13.0 Å². The molecular formula is C25H28N4O3. The number of carbonyl (C=O) groups excluding carboxylic acids is 3. The van der Waals surface area contributed by atoms with E-state index in [4.69, 9.17) is 0 Å². The molecule has 7 nitrogen and oxygen atoms in total. The number of nitrogens with one attached hydrogen (secondary N) is 1. The first-order chi connectivity index (χ1) is 15.6. The van der Waals surface area contributed by atoms with Gasteiger partial charge in [0.25, 0.3) is 5.91 Å². The van der Waals surface area contributed by atoms with Crippen molar-refractivity contribution in [3.05, 3.63) is 77.9 Å². The van der Waals surface area contributed by atoms with E-state index in [2.05, 4.69) is 34.5 Å². The van der Waals surface area contributed by atoms with Gasteiger partial charge in [-0.3, -0.25) is 19.4 Å². The van der Waals surface area contributed by atoms with Crippen LogP contribution in [0.2, 0.25) is 0 Å². The molecule has 0 aromatic heterocycles. The first-order valence-electron chi connectivity index (χ1n) is 11.0. The van der Waals surface area contributed by atoms with Crippen LogP contribution in [-0.2, 0) is 16.1 Å². The number of rotatable bonds is 7. The molecule has 2 heterocycles. The van der Waals surface area contributed by atoms with E-state index in [-0.39, 0.29) is 24.8 Å². The van der Waals surface area contributed by atoms with Crippen LogP contribution in [0.3, 0.4) is 0 Å². The van der Waals surface area contributed by atoms with Gasteiger partial charge in [0, 0.05) is 32.7 Å². The fourth-order valence-electron chi connectivity index (χ4n) is 4.02. The second-order valence-electron chi connectivity index (χ2n) is 8.11. The molecule has 2 aromatic carbocycles. The second-order valence-corrected chi connectivity index (χ2v) is 8.11. The second kappa shape index (κ2) is 10.2. The summed E-state index contributed by atoms with van der Waals surface area (Å²) in [5, 5.41) is 2.67. The lowest BCUT2D eigenvalue weighted by atomic mass is 10.1. The summed E-state index contributed by atoms with van der Waals surface area (Å²) in [4.78, 5) is 43.0. The molecule has 2 aliphatic rings. The molecule has 4 rings (SSSR count). The Bertz CT molecular complexity index is 969. The van der Waals surface area contributed by atoms with Crippen LogP contribution in [0.1, 0.15) is 17.5 Å². The Kier molecular flexibility index (Phi) is 6.97. The molecule has 2 aliphatic heterocycles. The minimum atomic E-state index is -0.787. The zero-order valence-electron chi connectivity index (χ0n) is 18.0. The number of urea groups is 1. The Hall–Kier alpha value is -3.45. The predicted molar refractivity (Wildman–Crippen MR) is 122 cm³/mol.